The maximum absolute atomic E-state index is 12.9. The van der Waals surface area contributed by atoms with Crippen LogP contribution in [-0.2, 0) is 4.79 Å². The number of fused-ring (bicyclic) bond motifs is 2. The quantitative estimate of drug-likeness (QED) is 0.589. The largest absolute Gasteiger partial charge is 0.485 e. The molecule has 0 aliphatic carbocycles. The predicted molar refractivity (Wildman–Crippen MR) is 103 cm³/mol. The van der Waals surface area contributed by atoms with E-state index in [1.54, 1.807) is 6.07 Å². The molecule has 4 aromatic rings. The van der Waals surface area contributed by atoms with Gasteiger partial charge in [0, 0.05) is 17.1 Å². The topological polar surface area (TPSA) is 64.9 Å². The Morgan fingerprint density at radius 3 is 2.74 bits per heavy atom. The lowest BCUT2D eigenvalue weighted by Crippen LogP contribution is -2.40. The van der Waals surface area contributed by atoms with Crippen LogP contribution in [0.5, 0.6) is 11.5 Å². The molecule has 7 heteroatoms. The van der Waals surface area contributed by atoms with Gasteiger partial charge in [-0.25, -0.2) is 4.98 Å². The number of aromatic nitrogens is 2. The summed E-state index contributed by atoms with van der Waals surface area (Å²) in [5.41, 5.74) is 1.67. The molecule has 0 saturated carbocycles. The lowest BCUT2D eigenvalue weighted by atomic mass is 10.1. The van der Waals surface area contributed by atoms with Crippen LogP contribution >= 0.6 is 11.3 Å². The second-order valence-corrected chi connectivity index (χ2v) is 6.96. The molecule has 2 aromatic carbocycles. The first kappa shape index (κ1) is 15.9. The third kappa shape index (κ3) is 2.82. The van der Waals surface area contributed by atoms with Crippen LogP contribution in [0.15, 0.2) is 66.2 Å². The zero-order chi connectivity index (χ0) is 18.2. The Labute approximate surface area is 159 Å². The van der Waals surface area contributed by atoms with E-state index < -0.39 is 6.10 Å². The fourth-order valence-corrected chi connectivity index (χ4v) is 3.76. The first-order valence-electron chi connectivity index (χ1n) is 8.50. The number of thiazole rings is 1. The van der Waals surface area contributed by atoms with Crippen molar-refractivity contribution in [2.45, 2.75) is 6.10 Å². The molecule has 1 amide bonds. The summed E-state index contributed by atoms with van der Waals surface area (Å²) in [6.45, 7) is 0.162. The van der Waals surface area contributed by atoms with E-state index in [0.29, 0.717) is 17.3 Å². The molecule has 0 radical (unpaired) electrons. The number of benzene rings is 2. The fraction of sp³-hybridized carbons (Fsp3) is 0.100. The number of imidazole rings is 1. The van der Waals surface area contributed by atoms with Crippen LogP contribution in [-0.4, -0.2) is 28.0 Å². The highest BCUT2D eigenvalue weighted by Gasteiger charge is 2.29. The van der Waals surface area contributed by atoms with Gasteiger partial charge in [-0.1, -0.05) is 42.5 Å². The number of carbonyl (C=O) groups excluding carboxylic acids is 1. The van der Waals surface area contributed by atoms with Gasteiger partial charge >= 0.3 is 0 Å². The highest BCUT2D eigenvalue weighted by molar-refractivity contribution is 7.15. The smallest absolute Gasteiger partial charge is 0.270 e. The Morgan fingerprint density at radius 1 is 1.11 bits per heavy atom. The summed E-state index contributed by atoms with van der Waals surface area (Å²) in [6.07, 6.45) is 1.16. The zero-order valence-corrected chi connectivity index (χ0v) is 15.0. The van der Waals surface area contributed by atoms with Crippen molar-refractivity contribution < 1.29 is 14.3 Å². The van der Waals surface area contributed by atoms with Crippen molar-refractivity contribution in [3.8, 4) is 22.8 Å². The number of amides is 1. The number of para-hydroxylation sites is 2. The van der Waals surface area contributed by atoms with Crippen LogP contribution in [0.25, 0.3) is 16.2 Å². The summed E-state index contributed by atoms with van der Waals surface area (Å²) >= 11 is 1.51. The van der Waals surface area contributed by atoms with E-state index in [0.717, 1.165) is 16.2 Å². The number of anilines is 1. The van der Waals surface area contributed by atoms with Crippen LogP contribution in [0.2, 0.25) is 0 Å². The van der Waals surface area contributed by atoms with E-state index in [1.807, 2.05) is 64.5 Å². The van der Waals surface area contributed by atoms with Gasteiger partial charge in [0.1, 0.15) is 18.1 Å². The number of rotatable bonds is 3. The molecule has 3 heterocycles. The summed E-state index contributed by atoms with van der Waals surface area (Å²) in [5, 5.41) is 4.92. The summed E-state index contributed by atoms with van der Waals surface area (Å²) in [4.78, 5) is 18.4. The molecule has 6 nitrogen and oxygen atoms in total. The van der Waals surface area contributed by atoms with Gasteiger partial charge in [0.05, 0.1) is 0 Å². The molecule has 0 bridgehead atoms. The van der Waals surface area contributed by atoms with E-state index >= 15 is 0 Å². The number of ether oxygens (including phenoxy) is 2. The molecule has 0 saturated heterocycles. The van der Waals surface area contributed by atoms with Crippen LogP contribution in [0.4, 0.5) is 5.82 Å². The lowest BCUT2D eigenvalue weighted by Gasteiger charge is -2.25. The Kier molecular flexibility index (Phi) is 3.79. The van der Waals surface area contributed by atoms with Crippen molar-refractivity contribution >= 4 is 28.0 Å². The third-order valence-corrected chi connectivity index (χ3v) is 5.11. The Bertz CT molecular complexity index is 1120. The molecular weight excluding hydrogens is 362 g/mol. The minimum absolute atomic E-state index is 0.162. The number of hydrogen-bond donors (Lipinski definition) is 1. The number of carbonyl (C=O) groups is 1. The molecule has 1 atom stereocenters. The van der Waals surface area contributed by atoms with Gasteiger partial charge in [0.25, 0.3) is 5.91 Å². The normalized spacial score (nSPS) is 15.6. The maximum Gasteiger partial charge on any atom is 0.270 e. The van der Waals surface area contributed by atoms with Crippen molar-refractivity contribution in [3.63, 3.8) is 0 Å². The number of nitrogens with zero attached hydrogens (tertiary/aromatic N) is 2. The highest BCUT2D eigenvalue weighted by atomic mass is 32.1. The first-order chi connectivity index (χ1) is 13.3. The van der Waals surface area contributed by atoms with Crippen molar-refractivity contribution in [1.29, 1.82) is 0 Å². The molecule has 1 aliphatic heterocycles. The second-order valence-electron chi connectivity index (χ2n) is 6.08. The summed E-state index contributed by atoms with van der Waals surface area (Å²) < 4.78 is 13.4. The monoisotopic (exact) mass is 377 g/mol. The van der Waals surface area contributed by atoms with Gasteiger partial charge in [-0.15, -0.1) is 11.3 Å². The van der Waals surface area contributed by atoms with Gasteiger partial charge < -0.3 is 14.8 Å². The molecule has 0 spiro atoms. The van der Waals surface area contributed by atoms with E-state index in [-0.39, 0.29) is 12.5 Å². The van der Waals surface area contributed by atoms with Crippen molar-refractivity contribution in [3.05, 3.63) is 66.2 Å². The SMILES string of the molecule is O=C(Nc1c(-c2ccccc2)nc2sccn12)[C@@H]1COc2ccccc2O1. The molecule has 5 rings (SSSR count). The van der Waals surface area contributed by atoms with Gasteiger partial charge in [-0.3, -0.25) is 9.20 Å². The average Bonchev–Trinajstić information content (AvgIpc) is 3.31. The Balaban J connectivity index is 1.46. The molecule has 1 aliphatic rings. The molecule has 1 N–H and O–H groups in total. The summed E-state index contributed by atoms with van der Waals surface area (Å²) in [5.74, 6) is 1.58. The maximum atomic E-state index is 12.9. The second kappa shape index (κ2) is 6.44. The molecule has 0 fully saturated rings. The molecular formula is C20H15N3O3S. The van der Waals surface area contributed by atoms with Gasteiger partial charge in [0.2, 0.25) is 6.10 Å². The van der Waals surface area contributed by atoms with Gasteiger partial charge in [-0.2, -0.15) is 0 Å². The van der Waals surface area contributed by atoms with E-state index in [2.05, 4.69) is 10.3 Å². The number of hydrogen-bond acceptors (Lipinski definition) is 5. The third-order valence-electron chi connectivity index (χ3n) is 4.35. The highest BCUT2D eigenvalue weighted by Crippen LogP contribution is 2.33. The molecule has 2 aromatic heterocycles. The number of nitrogens with one attached hydrogen (secondary N) is 1. The van der Waals surface area contributed by atoms with Gasteiger partial charge in [-0.05, 0) is 12.1 Å². The molecule has 0 unspecified atom stereocenters. The Hall–Kier alpha value is -3.32. The van der Waals surface area contributed by atoms with Gasteiger partial charge in [0.15, 0.2) is 16.5 Å². The van der Waals surface area contributed by atoms with Crippen molar-refractivity contribution in [1.82, 2.24) is 9.38 Å². The molecule has 134 valence electrons. The summed E-state index contributed by atoms with van der Waals surface area (Å²) in [7, 11) is 0. The van der Waals surface area contributed by atoms with E-state index in [9.17, 15) is 4.79 Å². The fourth-order valence-electron chi connectivity index (χ4n) is 3.05. The molecule has 27 heavy (non-hydrogen) atoms. The van der Waals surface area contributed by atoms with E-state index in [4.69, 9.17) is 9.47 Å². The average molecular weight is 377 g/mol. The Morgan fingerprint density at radius 2 is 1.89 bits per heavy atom. The van der Waals surface area contributed by atoms with Crippen LogP contribution in [0.1, 0.15) is 0 Å². The van der Waals surface area contributed by atoms with Crippen LogP contribution in [0.3, 0.4) is 0 Å². The predicted octanol–water partition coefficient (Wildman–Crippen LogP) is 3.84. The first-order valence-corrected chi connectivity index (χ1v) is 9.38. The minimum atomic E-state index is -0.729. The van der Waals surface area contributed by atoms with Crippen LogP contribution in [0, 0.1) is 0 Å². The van der Waals surface area contributed by atoms with E-state index in [1.165, 1.54) is 11.3 Å². The van der Waals surface area contributed by atoms with Crippen molar-refractivity contribution in [2.24, 2.45) is 0 Å². The van der Waals surface area contributed by atoms with Crippen LogP contribution < -0.4 is 14.8 Å². The summed E-state index contributed by atoms with van der Waals surface area (Å²) in [6, 6.07) is 17.1. The lowest BCUT2D eigenvalue weighted by molar-refractivity contribution is -0.125. The minimum Gasteiger partial charge on any atom is -0.485 e. The standard InChI is InChI=1S/C20H15N3O3S/c24-19(16-12-25-14-8-4-5-9-15(14)26-16)22-18-17(13-6-2-1-3-7-13)21-20-23(18)10-11-27-20/h1-11,16H,12H2,(H,22,24)/t16-/m0/s1. The zero-order valence-electron chi connectivity index (χ0n) is 14.2. The van der Waals surface area contributed by atoms with Crippen molar-refractivity contribution in [2.75, 3.05) is 11.9 Å².